The molecule has 1 aromatic carbocycles. The number of anilines is 1. The Morgan fingerprint density at radius 2 is 2.00 bits per heavy atom. The lowest BCUT2D eigenvalue weighted by atomic mass is 10.1. The summed E-state index contributed by atoms with van der Waals surface area (Å²) in [5, 5.41) is 2.63. The molecule has 110 valence electrons. The van der Waals surface area contributed by atoms with Crippen molar-refractivity contribution in [1.29, 1.82) is 0 Å². The van der Waals surface area contributed by atoms with Crippen molar-refractivity contribution in [3.8, 4) is 0 Å². The minimum absolute atomic E-state index is 0.133. The van der Waals surface area contributed by atoms with E-state index >= 15 is 0 Å². The number of esters is 1. The summed E-state index contributed by atoms with van der Waals surface area (Å²) in [5.74, 6) is -0.296. The summed E-state index contributed by atoms with van der Waals surface area (Å²) >= 11 is 0. The molecule has 6 heteroatoms. The number of para-hydroxylation sites is 1. The highest BCUT2D eigenvalue weighted by atomic mass is 16.5. The summed E-state index contributed by atoms with van der Waals surface area (Å²) in [5.41, 5.74) is 6.08. The molecule has 0 spiro atoms. The summed E-state index contributed by atoms with van der Waals surface area (Å²) in [4.78, 5) is 23.9. The van der Waals surface area contributed by atoms with Crippen LogP contribution < -0.4 is 11.1 Å². The molecule has 2 rings (SSSR count). The minimum Gasteiger partial charge on any atom is -0.462 e. The summed E-state index contributed by atoms with van der Waals surface area (Å²) in [6.07, 6.45) is 0. The maximum absolute atomic E-state index is 12.1. The molecule has 0 saturated heterocycles. The van der Waals surface area contributed by atoms with Crippen molar-refractivity contribution in [3.05, 3.63) is 53.5 Å². The van der Waals surface area contributed by atoms with Crippen LogP contribution in [0.15, 0.2) is 40.8 Å². The molecule has 2 aromatic rings. The zero-order chi connectivity index (χ0) is 15.2. The van der Waals surface area contributed by atoms with Crippen LogP contribution in [0.4, 0.5) is 5.69 Å². The first-order chi connectivity index (χ1) is 10.2. The molecule has 0 radical (unpaired) electrons. The number of amides is 1. The highest BCUT2D eigenvalue weighted by molar-refractivity contribution is 6.06. The highest BCUT2D eigenvalue weighted by Crippen LogP contribution is 2.18. The molecule has 0 aliphatic heterocycles. The maximum atomic E-state index is 12.1. The molecule has 0 aliphatic carbocycles. The second-order valence-corrected chi connectivity index (χ2v) is 4.19. The Balaban J connectivity index is 2.19. The number of hydrogen-bond donors (Lipinski definition) is 2. The van der Waals surface area contributed by atoms with Crippen molar-refractivity contribution in [2.45, 2.75) is 13.5 Å². The molecule has 3 N–H and O–H groups in total. The zero-order valence-corrected chi connectivity index (χ0v) is 11.6. The molecule has 1 heterocycles. The summed E-state index contributed by atoms with van der Waals surface area (Å²) in [6, 6.07) is 9.78. The van der Waals surface area contributed by atoms with Gasteiger partial charge < -0.3 is 20.2 Å². The molecule has 0 bridgehead atoms. The van der Waals surface area contributed by atoms with Crippen molar-refractivity contribution in [2.75, 3.05) is 11.9 Å². The second kappa shape index (κ2) is 6.71. The average molecular weight is 288 g/mol. The molecule has 21 heavy (non-hydrogen) atoms. The van der Waals surface area contributed by atoms with Crippen LogP contribution >= 0.6 is 0 Å². The van der Waals surface area contributed by atoms with E-state index < -0.39 is 11.9 Å². The Kier molecular flexibility index (Phi) is 4.73. The van der Waals surface area contributed by atoms with Gasteiger partial charge in [-0.25, -0.2) is 4.79 Å². The first-order valence-electron chi connectivity index (χ1n) is 6.52. The summed E-state index contributed by atoms with van der Waals surface area (Å²) in [7, 11) is 0. The van der Waals surface area contributed by atoms with E-state index in [-0.39, 0.29) is 18.9 Å². The quantitative estimate of drug-likeness (QED) is 0.822. The zero-order valence-electron chi connectivity index (χ0n) is 11.6. The van der Waals surface area contributed by atoms with Gasteiger partial charge in [0.2, 0.25) is 0 Å². The normalized spacial score (nSPS) is 10.2. The second-order valence-electron chi connectivity index (χ2n) is 4.19. The van der Waals surface area contributed by atoms with Crippen LogP contribution in [-0.2, 0) is 11.3 Å². The number of nitrogens with one attached hydrogen (secondary N) is 1. The number of furan rings is 1. The standard InChI is InChI=1S/C15H16N2O4/c1-2-20-15(19)11-5-3-4-6-12(11)17-14(18)13-8-7-10(9-16)21-13/h3-8H,2,9,16H2,1H3,(H,17,18). The topological polar surface area (TPSA) is 94.6 Å². The predicted molar refractivity (Wildman–Crippen MR) is 77.0 cm³/mol. The van der Waals surface area contributed by atoms with Crippen LogP contribution in [0.3, 0.4) is 0 Å². The maximum Gasteiger partial charge on any atom is 0.340 e. The highest BCUT2D eigenvalue weighted by Gasteiger charge is 2.16. The van der Waals surface area contributed by atoms with Gasteiger partial charge in [-0.15, -0.1) is 0 Å². The SMILES string of the molecule is CCOC(=O)c1ccccc1NC(=O)c1ccc(CN)o1. The van der Waals surface area contributed by atoms with Gasteiger partial charge >= 0.3 is 5.97 Å². The smallest absolute Gasteiger partial charge is 0.340 e. The molecule has 1 amide bonds. The molecule has 1 aromatic heterocycles. The molecular weight excluding hydrogens is 272 g/mol. The molecule has 0 saturated carbocycles. The van der Waals surface area contributed by atoms with Gasteiger partial charge in [0, 0.05) is 0 Å². The fourth-order valence-electron chi connectivity index (χ4n) is 1.77. The van der Waals surface area contributed by atoms with E-state index in [0.717, 1.165) is 0 Å². The van der Waals surface area contributed by atoms with Gasteiger partial charge in [-0.3, -0.25) is 4.79 Å². The third-order valence-corrected chi connectivity index (χ3v) is 2.76. The van der Waals surface area contributed by atoms with Crippen LogP contribution in [0.2, 0.25) is 0 Å². The van der Waals surface area contributed by atoms with Crippen molar-refractivity contribution >= 4 is 17.6 Å². The Hall–Kier alpha value is -2.60. The summed E-state index contributed by atoms with van der Waals surface area (Å²) in [6.45, 7) is 2.20. The number of carbonyl (C=O) groups is 2. The van der Waals surface area contributed by atoms with Crippen LogP contribution in [0.1, 0.15) is 33.6 Å². The number of rotatable bonds is 5. The van der Waals surface area contributed by atoms with E-state index in [9.17, 15) is 9.59 Å². The van der Waals surface area contributed by atoms with Gasteiger partial charge in [-0.2, -0.15) is 0 Å². The fourth-order valence-corrected chi connectivity index (χ4v) is 1.77. The predicted octanol–water partition coefficient (Wildman–Crippen LogP) is 2.17. The van der Waals surface area contributed by atoms with Crippen molar-refractivity contribution in [1.82, 2.24) is 0 Å². The van der Waals surface area contributed by atoms with Crippen LogP contribution in [0, 0.1) is 0 Å². The number of benzene rings is 1. The lowest BCUT2D eigenvalue weighted by molar-refractivity contribution is 0.0527. The monoisotopic (exact) mass is 288 g/mol. The number of carbonyl (C=O) groups excluding carboxylic acids is 2. The Morgan fingerprint density at radius 1 is 1.24 bits per heavy atom. The average Bonchev–Trinajstić information content (AvgIpc) is 2.97. The van der Waals surface area contributed by atoms with Gasteiger partial charge in [0.1, 0.15) is 5.76 Å². The Labute approximate surface area is 121 Å². The number of hydrogen-bond acceptors (Lipinski definition) is 5. The van der Waals surface area contributed by atoms with E-state index in [4.69, 9.17) is 14.9 Å². The molecule has 0 unspecified atom stereocenters. The van der Waals surface area contributed by atoms with Crippen molar-refractivity contribution in [2.24, 2.45) is 5.73 Å². The lowest BCUT2D eigenvalue weighted by Crippen LogP contribution is -2.15. The first-order valence-corrected chi connectivity index (χ1v) is 6.52. The van der Waals surface area contributed by atoms with Gasteiger partial charge in [-0.05, 0) is 31.2 Å². The van der Waals surface area contributed by atoms with Crippen LogP contribution in [0.5, 0.6) is 0 Å². The van der Waals surface area contributed by atoms with Crippen molar-refractivity contribution in [3.63, 3.8) is 0 Å². The first kappa shape index (κ1) is 14.8. The van der Waals surface area contributed by atoms with Gasteiger partial charge in [0.05, 0.1) is 24.4 Å². The molecule has 0 atom stereocenters. The molecule has 6 nitrogen and oxygen atoms in total. The van der Waals surface area contributed by atoms with Gasteiger partial charge in [0.25, 0.3) is 5.91 Å². The van der Waals surface area contributed by atoms with Crippen LogP contribution in [0.25, 0.3) is 0 Å². The largest absolute Gasteiger partial charge is 0.462 e. The van der Waals surface area contributed by atoms with Gasteiger partial charge in [-0.1, -0.05) is 12.1 Å². The van der Waals surface area contributed by atoms with Crippen LogP contribution in [-0.4, -0.2) is 18.5 Å². The number of ether oxygens (including phenoxy) is 1. The Bertz CT molecular complexity index is 649. The van der Waals surface area contributed by atoms with E-state index in [2.05, 4.69) is 5.32 Å². The number of nitrogens with two attached hydrogens (primary N) is 1. The van der Waals surface area contributed by atoms with E-state index in [1.165, 1.54) is 6.07 Å². The lowest BCUT2D eigenvalue weighted by Gasteiger charge is -2.09. The fraction of sp³-hybridized carbons (Fsp3) is 0.200. The van der Waals surface area contributed by atoms with E-state index in [1.807, 2.05) is 0 Å². The third-order valence-electron chi connectivity index (χ3n) is 2.76. The summed E-state index contributed by atoms with van der Waals surface area (Å²) < 4.78 is 10.2. The third kappa shape index (κ3) is 3.49. The molecule has 0 fully saturated rings. The van der Waals surface area contributed by atoms with E-state index in [0.29, 0.717) is 17.0 Å². The molecular formula is C15H16N2O4. The minimum atomic E-state index is -0.490. The Morgan fingerprint density at radius 3 is 2.67 bits per heavy atom. The molecule has 0 aliphatic rings. The van der Waals surface area contributed by atoms with E-state index in [1.54, 1.807) is 37.3 Å². The van der Waals surface area contributed by atoms with Gasteiger partial charge in [0.15, 0.2) is 5.76 Å². The van der Waals surface area contributed by atoms with Crippen molar-refractivity contribution < 1.29 is 18.7 Å².